The SMILES string of the molecule is COc1cc(OCc2csc(C(C)(C)c3ccc(Cl)cc3)n2)c2cc(-c3cn4nc(C)sc4n3)oc2c1. The summed E-state index contributed by atoms with van der Waals surface area (Å²) in [6.07, 6.45) is 1.87. The zero-order valence-electron chi connectivity index (χ0n) is 20.6. The Morgan fingerprint density at radius 2 is 1.92 bits per heavy atom. The van der Waals surface area contributed by atoms with Crippen LogP contribution in [0.5, 0.6) is 11.5 Å². The van der Waals surface area contributed by atoms with Gasteiger partial charge in [0, 0.05) is 28.0 Å². The molecule has 4 heterocycles. The number of hydrogen-bond acceptors (Lipinski definition) is 8. The molecule has 0 radical (unpaired) electrons. The van der Waals surface area contributed by atoms with E-state index in [2.05, 4.69) is 23.9 Å². The number of rotatable bonds is 7. The monoisotopic (exact) mass is 550 g/mol. The molecule has 0 bridgehead atoms. The van der Waals surface area contributed by atoms with Crippen molar-refractivity contribution < 1.29 is 13.9 Å². The predicted octanol–water partition coefficient (Wildman–Crippen LogP) is 7.54. The molecule has 0 unspecified atom stereocenters. The number of hydrogen-bond donors (Lipinski definition) is 0. The van der Waals surface area contributed by atoms with Crippen LogP contribution in [0.25, 0.3) is 27.4 Å². The summed E-state index contributed by atoms with van der Waals surface area (Å²) in [5.41, 5.74) is 3.14. The van der Waals surface area contributed by atoms with Crippen LogP contribution < -0.4 is 9.47 Å². The van der Waals surface area contributed by atoms with Crippen molar-refractivity contribution in [2.45, 2.75) is 32.8 Å². The fourth-order valence-corrected chi connectivity index (χ4v) is 5.97. The van der Waals surface area contributed by atoms with Gasteiger partial charge in [-0.2, -0.15) is 5.10 Å². The third kappa shape index (κ3) is 4.47. The summed E-state index contributed by atoms with van der Waals surface area (Å²) in [6.45, 7) is 6.60. The Labute approximate surface area is 226 Å². The summed E-state index contributed by atoms with van der Waals surface area (Å²) in [4.78, 5) is 10.4. The average Bonchev–Trinajstić information content (AvgIpc) is 3.65. The van der Waals surface area contributed by atoms with Gasteiger partial charge in [-0.3, -0.25) is 0 Å². The molecular formula is C27H23ClN4O3S2. The minimum atomic E-state index is -0.248. The maximum atomic E-state index is 6.25. The van der Waals surface area contributed by atoms with E-state index in [1.165, 1.54) is 11.3 Å². The van der Waals surface area contributed by atoms with Crippen molar-refractivity contribution in [3.63, 3.8) is 0 Å². The van der Waals surface area contributed by atoms with Gasteiger partial charge in [0.25, 0.3) is 0 Å². The first-order valence-corrected chi connectivity index (χ1v) is 13.7. The van der Waals surface area contributed by atoms with Crippen molar-refractivity contribution in [2.24, 2.45) is 0 Å². The van der Waals surface area contributed by atoms with E-state index in [9.17, 15) is 0 Å². The minimum absolute atomic E-state index is 0.248. The first kappa shape index (κ1) is 24.0. The molecule has 0 fully saturated rings. The molecule has 6 aromatic rings. The van der Waals surface area contributed by atoms with Crippen LogP contribution in [0.2, 0.25) is 5.02 Å². The number of imidazole rings is 1. The van der Waals surface area contributed by atoms with E-state index < -0.39 is 0 Å². The van der Waals surface area contributed by atoms with Gasteiger partial charge in [0.1, 0.15) is 39.4 Å². The summed E-state index contributed by atoms with van der Waals surface area (Å²) in [6, 6.07) is 13.6. The number of benzene rings is 2. The molecule has 0 saturated carbocycles. The van der Waals surface area contributed by atoms with Crippen LogP contribution in [0, 0.1) is 6.92 Å². The molecule has 0 N–H and O–H groups in total. The first-order chi connectivity index (χ1) is 17.8. The maximum Gasteiger partial charge on any atom is 0.212 e. The van der Waals surface area contributed by atoms with Gasteiger partial charge in [0.15, 0.2) is 5.76 Å². The number of thiazole rings is 1. The summed E-state index contributed by atoms with van der Waals surface area (Å²) in [5.74, 6) is 1.95. The molecular weight excluding hydrogens is 528 g/mol. The number of ether oxygens (including phenoxy) is 2. The van der Waals surface area contributed by atoms with Crippen molar-refractivity contribution in [2.75, 3.05) is 7.11 Å². The van der Waals surface area contributed by atoms with Crippen LogP contribution in [0.3, 0.4) is 0 Å². The lowest BCUT2D eigenvalue weighted by Gasteiger charge is -2.22. The topological polar surface area (TPSA) is 74.7 Å². The van der Waals surface area contributed by atoms with Crippen molar-refractivity contribution in [3.8, 4) is 23.0 Å². The lowest BCUT2D eigenvalue weighted by Crippen LogP contribution is -2.18. The van der Waals surface area contributed by atoms with Crippen molar-refractivity contribution in [1.29, 1.82) is 0 Å². The molecule has 0 amide bonds. The number of methoxy groups -OCH3 is 1. The Balaban J connectivity index is 1.27. The normalized spacial score (nSPS) is 12.0. The quantitative estimate of drug-likeness (QED) is 0.204. The van der Waals surface area contributed by atoms with Gasteiger partial charge in [0.2, 0.25) is 4.96 Å². The number of furan rings is 1. The van der Waals surface area contributed by atoms with Crippen LogP contribution in [-0.4, -0.2) is 26.7 Å². The number of nitrogens with zero attached hydrogens (tertiary/aromatic N) is 4. The van der Waals surface area contributed by atoms with Crippen LogP contribution in [0.15, 0.2) is 58.5 Å². The smallest absolute Gasteiger partial charge is 0.212 e. The van der Waals surface area contributed by atoms with E-state index in [4.69, 9.17) is 30.5 Å². The van der Waals surface area contributed by atoms with E-state index in [1.807, 2.05) is 61.0 Å². The standard InChI is InChI=1S/C27H23ClN4O3S2/c1-15-31-32-12-21(30-26(32)37-15)24-11-20-22(9-19(33-4)10-23(20)35-24)34-13-18-14-36-25(29-18)27(2,3)16-5-7-17(28)8-6-16/h5-12,14H,13H2,1-4H3. The highest BCUT2D eigenvalue weighted by Crippen LogP contribution is 2.38. The number of aromatic nitrogens is 4. The van der Waals surface area contributed by atoms with Gasteiger partial charge in [-0.15, -0.1) is 11.3 Å². The van der Waals surface area contributed by atoms with Crippen LogP contribution in [0.1, 0.15) is 35.1 Å². The summed E-state index contributed by atoms with van der Waals surface area (Å²) in [7, 11) is 1.62. The Bertz CT molecular complexity index is 1700. The molecule has 6 rings (SSSR count). The fourth-order valence-electron chi connectivity index (χ4n) is 4.17. The second-order valence-electron chi connectivity index (χ2n) is 9.19. The Morgan fingerprint density at radius 1 is 1.11 bits per heavy atom. The molecule has 4 aromatic heterocycles. The van der Waals surface area contributed by atoms with Gasteiger partial charge in [-0.1, -0.05) is 35.1 Å². The molecule has 37 heavy (non-hydrogen) atoms. The van der Waals surface area contributed by atoms with E-state index in [-0.39, 0.29) is 5.41 Å². The van der Waals surface area contributed by atoms with E-state index in [1.54, 1.807) is 23.0 Å². The van der Waals surface area contributed by atoms with Crippen molar-refractivity contribution in [1.82, 2.24) is 19.6 Å². The van der Waals surface area contributed by atoms with Gasteiger partial charge in [0.05, 0.1) is 24.4 Å². The largest absolute Gasteiger partial charge is 0.496 e. The second-order valence-corrected chi connectivity index (χ2v) is 11.6. The van der Waals surface area contributed by atoms with Crippen molar-refractivity contribution >= 4 is 50.2 Å². The highest BCUT2D eigenvalue weighted by Gasteiger charge is 2.27. The molecule has 0 aliphatic rings. The van der Waals surface area contributed by atoms with Gasteiger partial charge in [-0.25, -0.2) is 14.5 Å². The first-order valence-electron chi connectivity index (χ1n) is 11.6. The highest BCUT2D eigenvalue weighted by atomic mass is 35.5. The molecule has 188 valence electrons. The van der Waals surface area contributed by atoms with E-state index >= 15 is 0 Å². The molecule has 2 aromatic carbocycles. The van der Waals surface area contributed by atoms with Crippen LogP contribution in [0.4, 0.5) is 0 Å². The van der Waals surface area contributed by atoms with E-state index in [0.717, 1.165) is 36.6 Å². The molecule has 0 aliphatic carbocycles. The summed E-state index contributed by atoms with van der Waals surface area (Å²) in [5, 5.41) is 10.0. The van der Waals surface area contributed by atoms with Gasteiger partial charge >= 0.3 is 0 Å². The minimum Gasteiger partial charge on any atom is -0.496 e. The Morgan fingerprint density at radius 3 is 2.68 bits per heavy atom. The zero-order chi connectivity index (χ0) is 25.7. The zero-order valence-corrected chi connectivity index (χ0v) is 23.0. The average molecular weight is 551 g/mol. The molecule has 0 atom stereocenters. The molecule has 10 heteroatoms. The molecule has 0 aliphatic heterocycles. The summed E-state index contributed by atoms with van der Waals surface area (Å²) < 4.78 is 19.7. The Hall–Kier alpha value is -3.40. The number of halogens is 1. The lowest BCUT2D eigenvalue weighted by molar-refractivity contribution is 0.303. The number of aryl methyl sites for hydroxylation is 1. The highest BCUT2D eigenvalue weighted by molar-refractivity contribution is 7.16. The van der Waals surface area contributed by atoms with Gasteiger partial charge in [-0.05, 0) is 44.5 Å². The third-order valence-electron chi connectivity index (χ3n) is 6.23. The lowest BCUT2D eigenvalue weighted by atomic mass is 9.85. The van der Waals surface area contributed by atoms with Crippen LogP contribution >= 0.6 is 34.3 Å². The number of fused-ring (bicyclic) bond motifs is 2. The van der Waals surface area contributed by atoms with Crippen LogP contribution in [-0.2, 0) is 12.0 Å². The molecule has 0 saturated heterocycles. The third-order valence-corrected chi connectivity index (χ3v) is 8.54. The molecule has 7 nitrogen and oxygen atoms in total. The fraction of sp³-hybridized carbons (Fsp3) is 0.222. The Kier molecular flexibility index (Phi) is 5.94. The maximum absolute atomic E-state index is 6.25. The predicted molar refractivity (Wildman–Crippen MR) is 147 cm³/mol. The van der Waals surface area contributed by atoms with Gasteiger partial charge < -0.3 is 13.9 Å². The summed E-state index contributed by atoms with van der Waals surface area (Å²) >= 11 is 9.24. The second kappa shape index (κ2) is 9.16. The van der Waals surface area contributed by atoms with E-state index in [0.29, 0.717) is 35.1 Å². The van der Waals surface area contributed by atoms with Crippen molar-refractivity contribution in [3.05, 3.63) is 80.3 Å². The molecule has 0 spiro atoms.